The SMILES string of the molecule is CC.CN(C)C[C@@H]1C(c2cccc(O)c2)=C[C@@H]2CC[C@H]1C2. The summed E-state index contributed by atoms with van der Waals surface area (Å²) in [4.78, 5) is 2.29. The Morgan fingerprint density at radius 1 is 1.19 bits per heavy atom. The molecule has 0 radical (unpaired) electrons. The van der Waals surface area contributed by atoms with E-state index in [1.54, 1.807) is 6.07 Å². The van der Waals surface area contributed by atoms with Crippen molar-refractivity contribution < 1.29 is 5.11 Å². The summed E-state index contributed by atoms with van der Waals surface area (Å²) in [5.74, 6) is 2.59. The molecule has 1 aromatic rings. The Hall–Kier alpha value is -1.28. The van der Waals surface area contributed by atoms with Gasteiger partial charge in [0.05, 0.1) is 0 Å². The molecule has 2 heteroatoms. The van der Waals surface area contributed by atoms with Crippen LogP contribution in [-0.2, 0) is 0 Å². The molecular formula is C19H29NO. The van der Waals surface area contributed by atoms with Crippen LogP contribution in [0, 0.1) is 17.8 Å². The molecule has 0 unspecified atom stereocenters. The zero-order chi connectivity index (χ0) is 15.4. The number of allylic oxidation sites excluding steroid dienone is 1. The van der Waals surface area contributed by atoms with Crippen LogP contribution in [0.15, 0.2) is 30.3 Å². The lowest BCUT2D eigenvalue weighted by Crippen LogP contribution is -2.29. The molecule has 2 bridgehead atoms. The third-order valence-electron chi connectivity index (χ3n) is 4.64. The number of nitrogens with zero attached hydrogens (tertiary/aromatic N) is 1. The van der Waals surface area contributed by atoms with Gasteiger partial charge < -0.3 is 10.0 Å². The highest BCUT2D eigenvalue weighted by Crippen LogP contribution is 2.48. The summed E-state index contributed by atoms with van der Waals surface area (Å²) in [6.45, 7) is 5.11. The molecule has 1 aromatic carbocycles. The summed E-state index contributed by atoms with van der Waals surface area (Å²) in [7, 11) is 4.31. The average molecular weight is 287 g/mol. The molecule has 1 fully saturated rings. The van der Waals surface area contributed by atoms with Crippen LogP contribution in [0.1, 0.15) is 38.7 Å². The van der Waals surface area contributed by atoms with Crippen molar-refractivity contribution >= 4 is 5.57 Å². The van der Waals surface area contributed by atoms with Gasteiger partial charge in [0.25, 0.3) is 0 Å². The molecule has 1 N–H and O–H groups in total. The Kier molecular flexibility index (Phi) is 5.46. The van der Waals surface area contributed by atoms with Gasteiger partial charge in [0.2, 0.25) is 0 Å². The van der Waals surface area contributed by atoms with Crippen molar-refractivity contribution in [1.82, 2.24) is 4.90 Å². The fraction of sp³-hybridized carbons (Fsp3) is 0.579. The number of rotatable bonds is 3. The van der Waals surface area contributed by atoms with Gasteiger partial charge in [-0.3, -0.25) is 0 Å². The number of hydrogen-bond donors (Lipinski definition) is 1. The molecule has 2 aliphatic carbocycles. The Morgan fingerprint density at radius 2 is 1.95 bits per heavy atom. The minimum Gasteiger partial charge on any atom is -0.508 e. The first-order valence-electron chi connectivity index (χ1n) is 8.29. The molecular weight excluding hydrogens is 258 g/mol. The average Bonchev–Trinajstić information content (AvgIpc) is 2.87. The first-order valence-corrected chi connectivity index (χ1v) is 8.29. The lowest BCUT2D eigenvalue weighted by Gasteiger charge is -2.32. The standard InChI is InChI=1S/C17H23NO.C2H6/c1-18(2)11-17-14-7-6-12(8-14)9-16(17)13-4-3-5-15(19)10-13;1-2/h3-5,9-10,12,14,17,19H,6-8,11H2,1-2H3;1-2H3/t12-,14+,17+;/m1./s1. The van der Waals surface area contributed by atoms with E-state index in [1.165, 1.54) is 30.4 Å². The minimum absolute atomic E-state index is 0.375. The first kappa shape index (κ1) is 16.1. The zero-order valence-corrected chi connectivity index (χ0v) is 13.8. The van der Waals surface area contributed by atoms with E-state index in [0.29, 0.717) is 11.7 Å². The van der Waals surface area contributed by atoms with Crippen LogP contribution in [0.2, 0.25) is 0 Å². The number of benzene rings is 1. The molecule has 3 atom stereocenters. The van der Waals surface area contributed by atoms with E-state index >= 15 is 0 Å². The van der Waals surface area contributed by atoms with E-state index in [2.05, 4.69) is 31.1 Å². The summed E-state index contributed by atoms with van der Waals surface area (Å²) in [6.07, 6.45) is 6.55. The molecule has 2 nitrogen and oxygen atoms in total. The molecule has 1 saturated carbocycles. The summed E-state index contributed by atoms with van der Waals surface area (Å²) in [5, 5.41) is 9.72. The molecule has 0 spiro atoms. The summed E-state index contributed by atoms with van der Waals surface area (Å²) in [5.41, 5.74) is 2.67. The predicted molar refractivity (Wildman–Crippen MR) is 90.3 cm³/mol. The van der Waals surface area contributed by atoms with Crippen molar-refractivity contribution in [3.05, 3.63) is 35.9 Å². The molecule has 3 rings (SSSR count). The zero-order valence-electron chi connectivity index (χ0n) is 13.8. The van der Waals surface area contributed by atoms with E-state index < -0.39 is 0 Å². The Labute approximate surface area is 129 Å². The van der Waals surface area contributed by atoms with Gasteiger partial charge in [-0.1, -0.05) is 32.1 Å². The van der Waals surface area contributed by atoms with Gasteiger partial charge in [0, 0.05) is 6.54 Å². The van der Waals surface area contributed by atoms with Gasteiger partial charge in [0.15, 0.2) is 0 Å². The van der Waals surface area contributed by atoms with Crippen molar-refractivity contribution in [1.29, 1.82) is 0 Å². The van der Waals surface area contributed by atoms with Crippen LogP contribution in [0.3, 0.4) is 0 Å². The highest BCUT2D eigenvalue weighted by molar-refractivity contribution is 5.70. The van der Waals surface area contributed by atoms with Crippen molar-refractivity contribution in [2.45, 2.75) is 33.1 Å². The number of hydrogen-bond acceptors (Lipinski definition) is 2. The molecule has 0 aromatic heterocycles. The normalized spacial score (nSPS) is 27.1. The van der Waals surface area contributed by atoms with E-state index in [0.717, 1.165) is 18.4 Å². The Morgan fingerprint density at radius 3 is 2.62 bits per heavy atom. The van der Waals surface area contributed by atoms with Crippen molar-refractivity contribution in [3.63, 3.8) is 0 Å². The van der Waals surface area contributed by atoms with E-state index in [1.807, 2.05) is 26.0 Å². The number of fused-ring (bicyclic) bond motifs is 2. The smallest absolute Gasteiger partial charge is 0.116 e. The third kappa shape index (κ3) is 3.68. The van der Waals surface area contributed by atoms with Crippen molar-refractivity contribution in [3.8, 4) is 5.75 Å². The maximum Gasteiger partial charge on any atom is 0.116 e. The third-order valence-corrected chi connectivity index (χ3v) is 4.64. The second-order valence-electron chi connectivity index (χ2n) is 6.37. The van der Waals surface area contributed by atoms with Gasteiger partial charge in [-0.2, -0.15) is 0 Å². The van der Waals surface area contributed by atoms with E-state index in [-0.39, 0.29) is 0 Å². The topological polar surface area (TPSA) is 23.5 Å². The highest BCUT2D eigenvalue weighted by atomic mass is 16.3. The van der Waals surface area contributed by atoms with Gasteiger partial charge in [0.1, 0.15) is 5.75 Å². The van der Waals surface area contributed by atoms with Crippen molar-refractivity contribution in [2.24, 2.45) is 17.8 Å². The minimum atomic E-state index is 0.375. The van der Waals surface area contributed by atoms with Crippen LogP contribution in [0.5, 0.6) is 5.75 Å². The number of phenolic OH excluding ortho intramolecular Hbond substituents is 1. The van der Waals surface area contributed by atoms with Crippen LogP contribution < -0.4 is 0 Å². The number of phenols is 1. The van der Waals surface area contributed by atoms with Crippen molar-refractivity contribution in [2.75, 3.05) is 20.6 Å². The predicted octanol–water partition coefficient (Wildman–Crippen LogP) is 4.41. The van der Waals surface area contributed by atoms with Crippen LogP contribution in [0.25, 0.3) is 5.57 Å². The fourth-order valence-electron chi connectivity index (χ4n) is 3.84. The van der Waals surface area contributed by atoms with Gasteiger partial charge in [-0.25, -0.2) is 0 Å². The molecule has 2 aliphatic rings. The molecule has 0 aliphatic heterocycles. The Bertz CT molecular complexity index is 492. The summed E-state index contributed by atoms with van der Waals surface area (Å²) >= 11 is 0. The highest BCUT2D eigenvalue weighted by Gasteiger charge is 2.37. The maximum atomic E-state index is 9.72. The molecule has 0 amide bonds. The van der Waals surface area contributed by atoms with Crippen LogP contribution in [0.4, 0.5) is 0 Å². The van der Waals surface area contributed by atoms with Crippen LogP contribution >= 0.6 is 0 Å². The van der Waals surface area contributed by atoms with Gasteiger partial charge in [-0.15, -0.1) is 0 Å². The Balaban J connectivity index is 0.000000774. The van der Waals surface area contributed by atoms with E-state index in [9.17, 15) is 5.11 Å². The molecule has 0 heterocycles. The molecule has 116 valence electrons. The largest absolute Gasteiger partial charge is 0.508 e. The van der Waals surface area contributed by atoms with Crippen LogP contribution in [-0.4, -0.2) is 30.6 Å². The first-order chi connectivity index (χ1) is 10.1. The molecule has 21 heavy (non-hydrogen) atoms. The quantitative estimate of drug-likeness (QED) is 0.890. The lowest BCUT2D eigenvalue weighted by molar-refractivity contribution is 0.289. The second-order valence-corrected chi connectivity index (χ2v) is 6.37. The van der Waals surface area contributed by atoms with Gasteiger partial charge in [-0.05, 0) is 74.4 Å². The summed E-state index contributed by atoms with van der Waals surface area (Å²) < 4.78 is 0. The van der Waals surface area contributed by atoms with Gasteiger partial charge >= 0.3 is 0 Å². The maximum absolute atomic E-state index is 9.72. The molecule has 0 saturated heterocycles. The second kappa shape index (κ2) is 7.13. The lowest BCUT2D eigenvalue weighted by atomic mass is 9.76. The van der Waals surface area contributed by atoms with E-state index in [4.69, 9.17) is 0 Å². The summed E-state index contributed by atoms with van der Waals surface area (Å²) in [6, 6.07) is 7.76. The monoisotopic (exact) mass is 287 g/mol. The fourth-order valence-corrected chi connectivity index (χ4v) is 3.84. The number of aromatic hydroxyl groups is 1.